The molecule has 0 radical (unpaired) electrons. The molecule has 1 N–H and O–H groups in total. The van der Waals surface area contributed by atoms with E-state index >= 15 is 0 Å². The Morgan fingerprint density at radius 1 is 1.03 bits per heavy atom. The first-order valence-electron chi connectivity index (χ1n) is 10.9. The van der Waals surface area contributed by atoms with Crippen molar-refractivity contribution in [2.75, 3.05) is 0 Å². The second-order valence-corrected chi connectivity index (χ2v) is 8.79. The summed E-state index contributed by atoms with van der Waals surface area (Å²) in [6.07, 6.45) is 1.88. The molecule has 8 heteroatoms. The second kappa shape index (κ2) is 10.8. The molecular weight excluding hydrogens is 420 g/mol. The highest BCUT2D eigenvalue weighted by Gasteiger charge is 2.33. The van der Waals surface area contributed by atoms with Crippen LogP contribution in [-0.2, 0) is 22.5 Å². The van der Waals surface area contributed by atoms with Gasteiger partial charge >= 0.3 is 12.1 Å². The molecule has 3 aromatic rings. The van der Waals surface area contributed by atoms with Crippen LogP contribution in [0, 0.1) is 0 Å². The Hall–Kier alpha value is -3.68. The number of carbonyl (C=O) groups excluding carboxylic acids is 2. The van der Waals surface area contributed by atoms with E-state index in [-0.39, 0.29) is 0 Å². The number of benzene rings is 2. The van der Waals surface area contributed by atoms with Gasteiger partial charge in [-0.2, -0.15) is 0 Å². The molecule has 1 aromatic heterocycles. The Morgan fingerprint density at radius 3 is 2.30 bits per heavy atom. The fraction of sp³-hybridized carbons (Fsp3) is 0.360. The smallest absolute Gasteiger partial charge is 0.408 e. The van der Waals surface area contributed by atoms with Gasteiger partial charge in [0.2, 0.25) is 0 Å². The average molecular weight is 451 g/mol. The number of esters is 1. The summed E-state index contributed by atoms with van der Waals surface area (Å²) in [7, 11) is 0. The summed E-state index contributed by atoms with van der Waals surface area (Å²) in [5.74, 6) is -0.727. The highest BCUT2D eigenvalue weighted by molar-refractivity contribution is 5.84. The maximum atomic E-state index is 13.0. The van der Waals surface area contributed by atoms with Gasteiger partial charge in [0.15, 0.2) is 0 Å². The summed E-state index contributed by atoms with van der Waals surface area (Å²) >= 11 is 0. The summed E-state index contributed by atoms with van der Waals surface area (Å²) in [6, 6.07) is 17.8. The van der Waals surface area contributed by atoms with Crippen molar-refractivity contribution < 1.29 is 19.1 Å². The quantitative estimate of drug-likeness (QED) is 0.410. The Balaban J connectivity index is 1.73. The summed E-state index contributed by atoms with van der Waals surface area (Å²) in [5.41, 5.74) is 1.05. The van der Waals surface area contributed by atoms with Crippen LogP contribution in [0.15, 0.2) is 66.9 Å². The van der Waals surface area contributed by atoms with E-state index in [2.05, 4.69) is 27.8 Å². The van der Waals surface area contributed by atoms with Crippen LogP contribution in [0.5, 0.6) is 5.75 Å². The summed E-state index contributed by atoms with van der Waals surface area (Å²) in [4.78, 5) is 25.4. The van der Waals surface area contributed by atoms with Crippen molar-refractivity contribution >= 4 is 12.1 Å². The zero-order valence-corrected chi connectivity index (χ0v) is 19.4. The molecule has 2 unspecified atom stereocenters. The van der Waals surface area contributed by atoms with E-state index in [9.17, 15) is 9.59 Å². The fourth-order valence-corrected chi connectivity index (χ4v) is 3.18. The predicted molar refractivity (Wildman–Crippen MR) is 124 cm³/mol. The van der Waals surface area contributed by atoms with Gasteiger partial charge in [0.25, 0.3) is 0 Å². The predicted octanol–water partition coefficient (Wildman–Crippen LogP) is 4.12. The molecule has 2 aromatic carbocycles. The number of aromatic nitrogens is 3. The number of hydrogen-bond acceptors (Lipinski definition) is 6. The van der Waals surface area contributed by atoms with Gasteiger partial charge in [-0.3, -0.25) is 4.68 Å². The number of amides is 1. The molecule has 0 spiro atoms. The number of para-hydroxylation sites is 1. The van der Waals surface area contributed by atoms with E-state index in [0.29, 0.717) is 18.0 Å². The van der Waals surface area contributed by atoms with E-state index in [4.69, 9.17) is 9.47 Å². The molecule has 0 aliphatic heterocycles. The van der Waals surface area contributed by atoms with Gasteiger partial charge in [-0.15, -0.1) is 5.10 Å². The van der Waals surface area contributed by atoms with Gasteiger partial charge in [0.05, 0.1) is 5.69 Å². The third kappa shape index (κ3) is 7.45. The number of nitrogens with zero attached hydrogens (tertiary/aromatic N) is 3. The zero-order chi connectivity index (χ0) is 23.8. The van der Waals surface area contributed by atoms with Crippen molar-refractivity contribution in [3.05, 3.63) is 78.1 Å². The highest BCUT2D eigenvalue weighted by atomic mass is 16.6. The average Bonchev–Trinajstić information content (AvgIpc) is 3.25. The minimum Gasteiger partial charge on any atom is -0.444 e. The zero-order valence-electron chi connectivity index (χ0n) is 19.4. The molecule has 1 amide bonds. The number of carbonyl (C=O) groups is 2. The summed E-state index contributed by atoms with van der Waals surface area (Å²) in [6.45, 7) is 7.70. The first kappa shape index (κ1) is 24.0. The van der Waals surface area contributed by atoms with Crippen molar-refractivity contribution in [1.82, 2.24) is 20.3 Å². The van der Waals surface area contributed by atoms with Crippen LogP contribution in [0.1, 0.15) is 44.9 Å². The number of nitrogens with one attached hydrogen (secondary N) is 1. The van der Waals surface area contributed by atoms with Crippen LogP contribution in [0.2, 0.25) is 0 Å². The van der Waals surface area contributed by atoms with Gasteiger partial charge in [-0.1, -0.05) is 60.7 Å². The molecule has 8 nitrogen and oxygen atoms in total. The highest BCUT2D eigenvalue weighted by Crippen LogP contribution is 2.20. The van der Waals surface area contributed by atoms with E-state index in [0.717, 1.165) is 6.42 Å². The molecule has 2 atom stereocenters. The first-order chi connectivity index (χ1) is 15.7. The molecule has 0 aliphatic rings. The molecule has 0 bridgehead atoms. The lowest BCUT2D eigenvalue weighted by molar-refractivity contribution is -0.137. The number of aryl methyl sites for hydroxylation is 2. The molecular formula is C25H30N4O4. The lowest BCUT2D eigenvalue weighted by Gasteiger charge is -2.25. The van der Waals surface area contributed by atoms with E-state index in [1.807, 2.05) is 24.3 Å². The maximum Gasteiger partial charge on any atom is 0.408 e. The molecule has 0 aliphatic carbocycles. The summed E-state index contributed by atoms with van der Waals surface area (Å²) in [5, 5.41) is 11.1. The SMILES string of the molecule is CC(c1cn(CCc2ccccc2)nn1)C(NC(=O)OC(C)(C)C)C(=O)Oc1ccccc1. The number of rotatable bonds is 8. The molecule has 33 heavy (non-hydrogen) atoms. The normalized spacial score (nSPS) is 13.1. The Morgan fingerprint density at radius 2 is 1.67 bits per heavy atom. The van der Waals surface area contributed by atoms with E-state index in [1.165, 1.54) is 5.56 Å². The van der Waals surface area contributed by atoms with Crippen LogP contribution < -0.4 is 10.1 Å². The van der Waals surface area contributed by atoms with Crippen LogP contribution in [0.4, 0.5) is 4.79 Å². The van der Waals surface area contributed by atoms with Crippen molar-refractivity contribution in [1.29, 1.82) is 0 Å². The number of ether oxygens (including phenoxy) is 2. The third-order valence-corrected chi connectivity index (χ3v) is 4.88. The largest absolute Gasteiger partial charge is 0.444 e. The van der Waals surface area contributed by atoms with Gasteiger partial charge in [-0.05, 0) is 44.9 Å². The standard InChI is InChI=1S/C25H30N4O4/c1-18(21-17-29(28-27-21)16-15-19-11-7-5-8-12-19)22(26-24(31)33-25(2,3)4)23(30)32-20-13-9-6-10-14-20/h5-14,17-18,22H,15-16H2,1-4H3,(H,26,31). The Bertz CT molecular complexity index is 1050. The Labute approximate surface area is 193 Å². The van der Waals surface area contributed by atoms with E-state index in [1.54, 1.807) is 62.8 Å². The van der Waals surface area contributed by atoms with E-state index < -0.39 is 29.6 Å². The first-order valence-corrected chi connectivity index (χ1v) is 10.9. The van der Waals surface area contributed by atoms with Gasteiger partial charge < -0.3 is 14.8 Å². The Kier molecular flexibility index (Phi) is 7.82. The molecule has 1 heterocycles. The lowest BCUT2D eigenvalue weighted by Crippen LogP contribution is -2.48. The van der Waals surface area contributed by atoms with Crippen LogP contribution >= 0.6 is 0 Å². The maximum absolute atomic E-state index is 13.0. The topological polar surface area (TPSA) is 95.3 Å². The lowest BCUT2D eigenvalue weighted by atomic mass is 9.99. The van der Waals surface area contributed by atoms with Gasteiger partial charge in [-0.25, -0.2) is 9.59 Å². The minimum absolute atomic E-state index is 0.386. The van der Waals surface area contributed by atoms with Crippen molar-refractivity contribution in [3.8, 4) is 5.75 Å². The van der Waals surface area contributed by atoms with Crippen LogP contribution in [-0.4, -0.2) is 38.7 Å². The fourth-order valence-electron chi connectivity index (χ4n) is 3.18. The monoisotopic (exact) mass is 450 g/mol. The van der Waals surface area contributed by atoms with Crippen molar-refractivity contribution in [3.63, 3.8) is 0 Å². The summed E-state index contributed by atoms with van der Waals surface area (Å²) < 4.78 is 12.6. The molecule has 0 saturated carbocycles. The van der Waals surface area contributed by atoms with Crippen LogP contribution in [0.25, 0.3) is 0 Å². The molecule has 0 fully saturated rings. The molecule has 3 rings (SSSR count). The molecule has 0 saturated heterocycles. The third-order valence-electron chi connectivity index (χ3n) is 4.88. The minimum atomic E-state index is -1.01. The van der Waals surface area contributed by atoms with Gasteiger partial charge in [0, 0.05) is 18.7 Å². The van der Waals surface area contributed by atoms with Crippen molar-refractivity contribution in [2.45, 2.75) is 58.2 Å². The number of hydrogen-bond donors (Lipinski definition) is 1. The van der Waals surface area contributed by atoms with Gasteiger partial charge in [0.1, 0.15) is 17.4 Å². The van der Waals surface area contributed by atoms with Crippen molar-refractivity contribution in [2.24, 2.45) is 0 Å². The van der Waals surface area contributed by atoms with Crippen LogP contribution in [0.3, 0.4) is 0 Å². The number of alkyl carbamates (subject to hydrolysis) is 1. The molecule has 174 valence electrons. The second-order valence-electron chi connectivity index (χ2n) is 8.79.